The smallest absolute Gasteiger partial charge is 0.251 e. The number of thiazole rings is 1. The van der Waals surface area contributed by atoms with E-state index in [9.17, 15) is 14.4 Å². The molecule has 6 rings (SSSR count). The summed E-state index contributed by atoms with van der Waals surface area (Å²) in [6.45, 7) is 4.26. The molecule has 1 aromatic heterocycles. The number of benzene rings is 1. The molecule has 10 nitrogen and oxygen atoms in total. The van der Waals surface area contributed by atoms with Crippen molar-refractivity contribution in [1.29, 1.82) is 0 Å². The predicted octanol–water partition coefficient (Wildman–Crippen LogP) is 2.43. The number of likely N-dealkylation sites (tertiary alicyclic amines) is 1. The van der Waals surface area contributed by atoms with E-state index in [1.165, 1.54) is 0 Å². The largest absolute Gasteiger partial charge is 0.377 e. The number of hydrogen-bond donors (Lipinski definition) is 1. The van der Waals surface area contributed by atoms with E-state index in [1.807, 2.05) is 12.1 Å². The van der Waals surface area contributed by atoms with Gasteiger partial charge in [0.05, 0.1) is 12.2 Å². The first-order valence-electron chi connectivity index (χ1n) is 14.7. The summed E-state index contributed by atoms with van der Waals surface area (Å²) in [4.78, 5) is 51.2. The number of amides is 2. The van der Waals surface area contributed by atoms with E-state index in [0.29, 0.717) is 5.56 Å². The number of likely N-dealkylation sites (N-methyl/N-ethyl adjacent to an activating group) is 1. The molecule has 4 atom stereocenters. The van der Waals surface area contributed by atoms with E-state index in [1.54, 1.807) is 35.5 Å². The Hall–Kier alpha value is -2.86. The van der Waals surface area contributed by atoms with Gasteiger partial charge in [-0.05, 0) is 37.9 Å². The van der Waals surface area contributed by atoms with Crippen molar-refractivity contribution in [2.24, 2.45) is 5.92 Å². The van der Waals surface area contributed by atoms with Crippen LogP contribution in [0.25, 0.3) is 11.3 Å². The van der Waals surface area contributed by atoms with Crippen LogP contribution in [0, 0.1) is 5.92 Å². The molecular formula is C30H39N5O5S. The molecule has 2 aromatic rings. The molecule has 4 heterocycles. The van der Waals surface area contributed by atoms with Gasteiger partial charge >= 0.3 is 0 Å². The third kappa shape index (κ3) is 5.77. The maximum atomic E-state index is 14.0. The Bertz CT molecular complexity index is 1250. The van der Waals surface area contributed by atoms with Gasteiger partial charge in [0.25, 0.3) is 5.91 Å². The number of hydrogen-bond acceptors (Lipinski definition) is 9. The molecule has 3 aliphatic heterocycles. The maximum absolute atomic E-state index is 14.0. The molecule has 4 aliphatic rings. The fourth-order valence-electron chi connectivity index (χ4n) is 6.63. The van der Waals surface area contributed by atoms with Gasteiger partial charge in [0.1, 0.15) is 30.9 Å². The molecule has 1 aliphatic carbocycles. The second-order valence-corrected chi connectivity index (χ2v) is 12.5. The summed E-state index contributed by atoms with van der Waals surface area (Å²) >= 11 is 1.64. The number of anilines is 1. The van der Waals surface area contributed by atoms with Gasteiger partial charge in [0.2, 0.25) is 5.91 Å². The lowest BCUT2D eigenvalue weighted by atomic mass is 9.83. The van der Waals surface area contributed by atoms with Gasteiger partial charge in [0, 0.05) is 49.8 Å². The fourth-order valence-corrected chi connectivity index (χ4v) is 7.52. The molecule has 0 spiro atoms. The molecule has 1 N–H and O–H groups in total. The molecule has 2 amide bonds. The van der Waals surface area contributed by atoms with Crippen molar-refractivity contribution in [1.82, 2.24) is 20.1 Å². The summed E-state index contributed by atoms with van der Waals surface area (Å²) in [6.07, 6.45) is 4.12. The van der Waals surface area contributed by atoms with Crippen molar-refractivity contribution >= 4 is 34.1 Å². The monoisotopic (exact) mass is 581 g/mol. The Morgan fingerprint density at radius 1 is 1.10 bits per heavy atom. The van der Waals surface area contributed by atoms with Crippen molar-refractivity contribution in [2.75, 3.05) is 58.4 Å². The lowest BCUT2D eigenvalue weighted by Gasteiger charge is -2.34. The van der Waals surface area contributed by atoms with E-state index in [2.05, 4.69) is 27.5 Å². The molecule has 0 unspecified atom stereocenters. The molecule has 3 saturated heterocycles. The number of Topliss-reactive ketones (excluding diaryl/α,β-unsaturated/α-hetero) is 1. The first-order valence-corrected chi connectivity index (χ1v) is 15.6. The van der Waals surface area contributed by atoms with E-state index in [4.69, 9.17) is 14.5 Å². The lowest BCUT2D eigenvalue weighted by molar-refractivity contribution is -0.139. The number of piperazine rings is 1. The van der Waals surface area contributed by atoms with Gasteiger partial charge in [-0.15, -0.1) is 11.3 Å². The number of aromatic nitrogens is 1. The zero-order chi connectivity index (χ0) is 28.5. The van der Waals surface area contributed by atoms with Crippen LogP contribution in [0.15, 0.2) is 29.6 Å². The Labute approximate surface area is 245 Å². The van der Waals surface area contributed by atoms with E-state index >= 15 is 0 Å². The summed E-state index contributed by atoms with van der Waals surface area (Å²) in [5, 5.41) is 6.15. The molecule has 1 aromatic carbocycles. The van der Waals surface area contributed by atoms with Crippen molar-refractivity contribution in [2.45, 2.75) is 56.4 Å². The minimum absolute atomic E-state index is 0.0123. The third-order valence-electron chi connectivity index (χ3n) is 9.11. The molecule has 11 heteroatoms. The molecule has 1 saturated carbocycles. The topological polar surface area (TPSA) is 104 Å². The summed E-state index contributed by atoms with van der Waals surface area (Å²) in [7, 11) is 3.71. The first kappa shape index (κ1) is 28.3. The summed E-state index contributed by atoms with van der Waals surface area (Å²) in [6, 6.07) is 6.07. The normalized spacial score (nSPS) is 26.3. The number of rotatable bonds is 7. The number of nitrogens with zero attached hydrogens (tertiary/aromatic N) is 4. The van der Waals surface area contributed by atoms with Crippen molar-refractivity contribution in [3.63, 3.8) is 0 Å². The number of nitrogens with one attached hydrogen (secondary N) is 1. The van der Waals surface area contributed by atoms with E-state index in [0.717, 1.165) is 74.7 Å². The van der Waals surface area contributed by atoms with Gasteiger partial charge in [-0.25, -0.2) is 4.98 Å². The minimum Gasteiger partial charge on any atom is -0.377 e. The van der Waals surface area contributed by atoms with Crippen LogP contribution in [0.1, 0.15) is 42.5 Å². The Balaban J connectivity index is 1.16. The Kier molecular flexibility index (Phi) is 8.39. The van der Waals surface area contributed by atoms with Crippen LogP contribution in [-0.4, -0.2) is 110 Å². The van der Waals surface area contributed by atoms with Gasteiger partial charge in [0.15, 0.2) is 10.9 Å². The van der Waals surface area contributed by atoms with Crippen LogP contribution in [0.2, 0.25) is 0 Å². The highest BCUT2D eigenvalue weighted by Gasteiger charge is 2.54. The van der Waals surface area contributed by atoms with Gasteiger partial charge in [-0.3, -0.25) is 14.4 Å². The lowest BCUT2D eigenvalue weighted by Crippen LogP contribution is -2.55. The van der Waals surface area contributed by atoms with Crippen molar-refractivity contribution < 1.29 is 23.9 Å². The van der Waals surface area contributed by atoms with Crippen LogP contribution < -0.4 is 10.2 Å². The van der Waals surface area contributed by atoms with E-state index < -0.39 is 18.2 Å². The predicted molar refractivity (Wildman–Crippen MR) is 156 cm³/mol. The minimum atomic E-state index is -0.697. The number of ketones is 1. The second-order valence-electron chi connectivity index (χ2n) is 11.7. The number of carbonyl (C=O) groups is 3. The van der Waals surface area contributed by atoms with Gasteiger partial charge in [-0.2, -0.15) is 0 Å². The molecule has 220 valence electrons. The van der Waals surface area contributed by atoms with Gasteiger partial charge < -0.3 is 29.5 Å². The van der Waals surface area contributed by atoms with Crippen LogP contribution in [0.5, 0.6) is 0 Å². The van der Waals surface area contributed by atoms with Crippen molar-refractivity contribution in [3.05, 3.63) is 35.2 Å². The SMILES string of the molecule is CO[C@H]1CN(C(=O)[C@@H](NC(=O)c2ccc(-c3csc(N4CCN(C)CC4)n3)cc2)C2CCCCC2)[C@@H]2C(=O)CO[C@H]12. The summed E-state index contributed by atoms with van der Waals surface area (Å²) in [5.74, 6) is -0.580. The van der Waals surface area contributed by atoms with Crippen LogP contribution in [0.4, 0.5) is 5.13 Å². The second kappa shape index (κ2) is 12.2. The molecular weight excluding hydrogens is 542 g/mol. The van der Waals surface area contributed by atoms with Crippen molar-refractivity contribution in [3.8, 4) is 11.3 Å². The molecule has 4 fully saturated rings. The van der Waals surface area contributed by atoms with Crippen LogP contribution in [-0.2, 0) is 19.1 Å². The summed E-state index contributed by atoms with van der Waals surface area (Å²) < 4.78 is 11.2. The zero-order valence-corrected chi connectivity index (χ0v) is 24.6. The molecule has 0 radical (unpaired) electrons. The highest BCUT2D eigenvalue weighted by molar-refractivity contribution is 7.14. The third-order valence-corrected chi connectivity index (χ3v) is 10.0. The molecule has 41 heavy (non-hydrogen) atoms. The first-order chi connectivity index (χ1) is 19.9. The standard InChI is InChI=1S/C30H39N5O5S/c1-33-12-14-34(15-13-33)30-31-22(18-41-30)19-8-10-21(11-9-19)28(37)32-25(20-6-4-3-5-7-20)29(38)35-16-24(39-2)27-26(35)23(36)17-40-27/h8-11,18,20,24-27H,3-7,12-17H2,1-2H3,(H,32,37)/t24-,25-,26+,27+/m0/s1. The highest BCUT2D eigenvalue weighted by Crippen LogP contribution is 2.33. The van der Waals surface area contributed by atoms with Crippen LogP contribution >= 0.6 is 11.3 Å². The maximum Gasteiger partial charge on any atom is 0.251 e. The number of methoxy groups -OCH3 is 1. The average Bonchev–Trinajstić information content (AvgIpc) is 3.74. The fraction of sp³-hybridized carbons (Fsp3) is 0.600. The highest BCUT2D eigenvalue weighted by atomic mass is 32.1. The Morgan fingerprint density at radius 3 is 2.54 bits per heavy atom. The quantitative estimate of drug-likeness (QED) is 0.532. The number of fused-ring (bicyclic) bond motifs is 1. The van der Waals surface area contributed by atoms with E-state index in [-0.39, 0.29) is 42.8 Å². The average molecular weight is 582 g/mol. The molecule has 0 bridgehead atoms. The Morgan fingerprint density at radius 2 is 1.83 bits per heavy atom. The van der Waals surface area contributed by atoms with Gasteiger partial charge in [-0.1, -0.05) is 31.4 Å². The van der Waals surface area contributed by atoms with Crippen LogP contribution in [0.3, 0.4) is 0 Å². The number of carbonyl (C=O) groups excluding carboxylic acids is 3. The number of ether oxygens (including phenoxy) is 2. The summed E-state index contributed by atoms with van der Waals surface area (Å²) in [5.41, 5.74) is 2.34. The zero-order valence-electron chi connectivity index (χ0n) is 23.8.